The van der Waals surface area contributed by atoms with Gasteiger partial charge in [-0.05, 0) is 42.7 Å². The fraction of sp³-hybridized carbons (Fsp3) is 0.385. The van der Waals surface area contributed by atoms with E-state index >= 15 is 0 Å². The molecule has 9 heteroatoms. The summed E-state index contributed by atoms with van der Waals surface area (Å²) in [4.78, 5) is 30.2. The van der Waals surface area contributed by atoms with Crippen LogP contribution in [-0.4, -0.2) is 54.0 Å². The molecule has 0 aliphatic carbocycles. The second-order valence-electron chi connectivity index (χ2n) is 8.40. The van der Waals surface area contributed by atoms with Crippen LogP contribution in [0.3, 0.4) is 0 Å². The highest BCUT2D eigenvalue weighted by molar-refractivity contribution is 5.78. The standard InChI is InChI=1S/C26H31N3O6/c1-18(2)17-34-26(31)29(16-24(30)32-4)19(3)20-10-12-22(13-11-20)33-15-14-23-27-25(35-28-23)21-8-6-5-7-9-21/h5-13,18-19H,14-17H2,1-4H3/t19-/m0/s1. The van der Waals surface area contributed by atoms with E-state index in [0.29, 0.717) is 30.5 Å². The number of rotatable bonds is 11. The van der Waals surface area contributed by atoms with Gasteiger partial charge >= 0.3 is 12.1 Å². The smallest absolute Gasteiger partial charge is 0.410 e. The largest absolute Gasteiger partial charge is 0.493 e. The second kappa shape index (κ2) is 12.5. The van der Waals surface area contributed by atoms with Crippen LogP contribution < -0.4 is 4.74 Å². The van der Waals surface area contributed by atoms with Crippen molar-refractivity contribution in [3.8, 4) is 17.2 Å². The van der Waals surface area contributed by atoms with Crippen molar-refractivity contribution in [3.63, 3.8) is 0 Å². The third kappa shape index (κ3) is 7.56. The number of methoxy groups -OCH3 is 1. The number of amides is 1. The van der Waals surface area contributed by atoms with E-state index in [2.05, 4.69) is 10.1 Å². The van der Waals surface area contributed by atoms with Gasteiger partial charge in [-0.25, -0.2) is 4.79 Å². The van der Waals surface area contributed by atoms with E-state index in [1.165, 1.54) is 12.0 Å². The number of aromatic nitrogens is 2. The number of ether oxygens (including phenoxy) is 3. The summed E-state index contributed by atoms with van der Waals surface area (Å²) in [5.74, 6) is 1.36. The van der Waals surface area contributed by atoms with E-state index in [1.54, 1.807) is 0 Å². The summed E-state index contributed by atoms with van der Waals surface area (Å²) in [6.07, 6.45) is -0.0739. The molecule has 0 radical (unpaired) electrons. The zero-order valence-corrected chi connectivity index (χ0v) is 20.5. The highest BCUT2D eigenvalue weighted by Crippen LogP contribution is 2.24. The molecule has 1 amide bonds. The Kier molecular flexibility index (Phi) is 9.23. The van der Waals surface area contributed by atoms with Crippen LogP contribution in [-0.2, 0) is 20.7 Å². The summed E-state index contributed by atoms with van der Waals surface area (Å²) in [7, 11) is 1.29. The first kappa shape index (κ1) is 25.7. The summed E-state index contributed by atoms with van der Waals surface area (Å²) in [5.41, 5.74) is 1.69. The summed E-state index contributed by atoms with van der Waals surface area (Å²) < 4.78 is 21.2. The summed E-state index contributed by atoms with van der Waals surface area (Å²) in [6.45, 7) is 6.16. The molecule has 0 saturated carbocycles. The van der Waals surface area contributed by atoms with E-state index in [0.717, 1.165) is 11.1 Å². The zero-order chi connectivity index (χ0) is 25.2. The normalized spacial score (nSPS) is 11.7. The van der Waals surface area contributed by atoms with Gasteiger partial charge in [-0.1, -0.05) is 49.3 Å². The van der Waals surface area contributed by atoms with Gasteiger partial charge in [-0.15, -0.1) is 0 Å². The van der Waals surface area contributed by atoms with Crippen LogP contribution in [0.15, 0.2) is 59.1 Å². The summed E-state index contributed by atoms with van der Waals surface area (Å²) in [6, 6.07) is 16.5. The molecule has 2 aromatic carbocycles. The van der Waals surface area contributed by atoms with Gasteiger partial charge in [-0.3, -0.25) is 9.69 Å². The fourth-order valence-electron chi connectivity index (χ4n) is 3.22. The molecule has 3 rings (SSSR count). The van der Waals surface area contributed by atoms with Crippen molar-refractivity contribution in [2.24, 2.45) is 5.92 Å². The van der Waals surface area contributed by atoms with Crippen LogP contribution in [0.2, 0.25) is 0 Å². The highest BCUT2D eigenvalue weighted by Gasteiger charge is 2.26. The number of hydrogen-bond acceptors (Lipinski definition) is 8. The lowest BCUT2D eigenvalue weighted by molar-refractivity contribution is -0.142. The van der Waals surface area contributed by atoms with Crippen molar-refractivity contribution in [2.45, 2.75) is 33.2 Å². The molecular formula is C26H31N3O6. The molecule has 0 aliphatic rings. The quantitative estimate of drug-likeness (QED) is 0.364. The SMILES string of the molecule is COC(=O)CN(C(=O)OCC(C)C)[C@@H](C)c1ccc(OCCc2noc(-c3ccccc3)n2)cc1. The van der Waals surface area contributed by atoms with Crippen LogP contribution in [0.4, 0.5) is 4.79 Å². The molecule has 0 N–H and O–H groups in total. The van der Waals surface area contributed by atoms with E-state index in [9.17, 15) is 9.59 Å². The first-order valence-corrected chi connectivity index (χ1v) is 11.5. The van der Waals surface area contributed by atoms with Crippen LogP contribution in [0, 0.1) is 5.92 Å². The molecule has 0 spiro atoms. The van der Waals surface area contributed by atoms with Crippen molar-refractivity contribution in [3.05, 3.63) is 66.0 Å². The van der Waals surface area contributed by atoms with Crippen molar-refractivity contribution >= 4 is 12.1 Å². The average Bonchev–Trinajstić information content (AvgIpc) is 3.35. The van der Waals surface area contributed by atoms with Gasteiger partial charge in [0.15, 0.2) is 5.82 Å². The third-order valence-electron chi connectivity index (χ3n) is 5.22. The highest BCUT2D eigenvalue weighted by atomic mass is 16.6. The molecule has 0 aliphatic heterocycles. The Morgan fingerprint density at radius 2 is 1.74 bits per heavy atom. The van der Waals surface area contributed by atoms with Gasteiger partial charge in [-0.2, -0.15) is 4.98 Å². The summed E-state index contributed by atoms with van der Waals surface area (Å²) in [5, 5.41) is 4.00. The van der Waals surface area contributed by atoms with E-state index < -0.39 is 18.1 Å². The molecule has 0 unspecified atom stereocenters. The lowest BCUT2D eigenvalue weighted by atomic mass is 10.1. The van der Waals surface area contributed by atoms with Gasteiger partial charge in [0, 0.05) is 12.0 Å². The van der Waals surface area contributed by atoms with Gasteiger partial charge in [0.1, 0.15) is 12.3 Å². The first-order chi connectivity index (χ1) is 16.9. The number of carbonyl (C=O) groups is 2. The average molecular weight is 482 g/mol. The Balaban J connectivity index is 1.56. The Morgan fingerprint density at radius 3 is 2.40 bits per heavy atom. The number of esters is 1. The molecule has 0 fully saturated rings. The summed E-state index contributed by atoms with van der Waals surface area (Å²) >= 11 is 0. The molecular weight excluding hydrogens is 450 g/mol. The Bertz CT molecular complexity index is 1080. The number of hydrogen-bond donors (Lipinski definition) is 0. The maximum Gasteiger partial charge on any atom is 0.410 e. The van der Waals surface area contributed by atoms with E-state index in [-0.39, 0.29) is 19.1 Å². The first-order valence-electron chi connectivity index (χ1n) is 11.5. The lowest BCUT2D eigenvalue weighted by Crippen LogP contribution is -2.39. The molecule has 1 aromatic heterocycles. The van der Waals surface area contributed by atoms with Crippen molar-refractivity contribution in [2.75, 3.05) is 26.9 Å². The minimum absolute atomic E-state index is 0.183. The van der Waals surface area contributed by atoms with Crippen LogP contribution in [0.1, 0.15) is 38.2 Å². The van der Waals surface area contributed by atoms with E-state index in [1.807, 2.05) is 75.4 Å². The third-order valence-corrected chi connectivity index (χ3v) is 5.22. The topological polar surface area (TPSA) is 104 Å². The van der Waals surface area contributed by atoms with Crippen molar-refractivity contribution < 1.29 is 28.3 Å². The van der Waals surface area contributed by atoms with Gasteiger partial charge < -0.3 is 18.7 Å². The predicted octanol–water partition coefficient (Wildman–Crippen LogP) is 4.69. The molecule has 0 bridgehead atoms. The zero-order valence-electron chi connectivity index (χ0n) is 20.5. The molecule has 186 valence electrons. The Morgan fingerprint density at radius 1 is 1.03 bits per heavy atom. The minimum atomic E-state index is -0.563. The maximum absolute atomic E-state index is 12.6. The molecule has 0 saturated heterocycles. The number of carbonyl (C=O) groups excluding carboxylic acids is 2. The number of nitrogens with zero attached hydrogens (tertiary/aromatic N) is 3. The molecule has 9 nitrogen and oxygen atoms in total. The maximum atomic E-state index is 12.6. The minimum Gasteiger partial charge on any atom is -0.493 e. The van der Waals surface area contributed by atoms with Gasteiger partial charge in [0.05, 0.1) is 26.4 Å². The second-order valence-corrected chi connectivity index (χ2v) is 8.40. The number of benzene rings is 2. The molecule has 3 aromatic rings. The predicted molar refractivity (Wildman–Crippen MR) is 129 cm³/mol. The van der Waals surface area contributed by atoms with Gasteiger partial charge in [0.2, 0.25) is 0 Å². The van der Waals surface area contributed by atoms with Gasteiger partial charge in [0.25, 0.3) is 5.89 Å². The van der Waals surface area contributed by atoms with Crippen LogP contribution >= 0.6 is 0 Å². The molecule has 35 heavy (non-hydrogen) atoms. The monoisotopic (exact) mass is 481 g/mol. The fourth-order valence-corrected chi connectivity index (χ4v) is 3.22. The Labute approximate surface area is 205 Å². The molecule has 1 heterocycles. The van der Waals surface area contributed by atoms with E-state index in [4.69, 9.17) is 18.7 Å². The Hall–Kier alpha value is -3.88. The van der Waals surface area contributed by atoms with Crippen LogP contribution in [0.25, 0.3) is 11.5 Å². The van der Waals surface area contributed by atoms with Crippen LogP contribution in [0.5, 0.6) is 5.75 Å². The van der Waals surface area contributed by atoms with Crippen molar-refractivity contribution in [1.29, 1.82) is 0 Å². The lowest BCUT2D eigenvalue weighted by Gasteiger charge is -2.28. The molecule has 1 atom stereocenters. The van der Waals surface area contributed by atoms with Crippen molar-refractivity contribution in [1.82, 2.24) is 15.0 Å².